The minimum Gasteiger partial charge on any atom is -0.347 e. The molecule has 0 spiro atoms. The van der Waals surface area contributed by atoms with Crippen LogP contribution in [0.1, 0.15) is 30.7 Å². The summed E-state index contributed by atoms with van der Waals surface area (Å²) in [6.07, 6.45) is 2.04. The summed E-state index contributed by atoms with van der Waals surface area (Å²) in [6, 6.07) is 10.6. The molecule has 1 aliphatic rings. The third kappa shape index (κ3) is 2.65. The first-order valence-corrected chi connectivity index (χ1v) is 7.58. The molecule has 1 aromatic heterocycles. The molecule has 19 heavy (non-hydrogen) atoms. The van der Waals surface area contributed by atoms with E-state index in [0.29, 0.717) is 0 Å². The molecule has 2 atom stereocenters. The predicted octanol–water partition coefficient (Wildman–Crippen LogP) is 2.83. The molecule has 1 aromatic carbocycles. The van der Waals surface area contributed by atoms with Crippen LogP contribution in [-0.2, 0) is 4.79 Å². The van der Waals surface area contributed by atoms with E-state index in [4.69, 9.17) is 0 Å². The fraction of sp³-hybridized carbons (Fsp3) is 0.400. The second kappa shape index (κ2) is 5.31. The van der Waals surface area contributed by atoms with E-state index in [9.17, 15) is 4.79 Å². The normalized spacial score (nSPS) is 20.6. The maximum Gasteiger partial charge on any atom is 0.237 e. The molecule has 0 aliphatic carbocycles. The molecular formula is C15H18N2OS. The molecule has 2 N–H and O–H groups in total. The number of carbonyl (C=O) groups is 1. The van der Waals surface area contributed by atoms with Crippen LogP contribution in [0.2, 0.25) is 0 Å². The molecule has 1 saturated heterocycles. The average Bonchev–Trinajstić information content (AvgIpc) is 3.07. The van der Waals surface area contributed by atoms with Gasteiger partial charge in [0.15, 0.2) is 0 Å². The Bertz CT molecular complexity index is 554. The highest BCUT2D eigenvalue weighted by atomic mass is 32.1. The van der Waals surface area contributed by atoms with Gasteiger partial charge in [0.1, 0.15) is 0 Å². The van der Waals surface area contributed by atoms with Crippen LogP contribution in [0, 0.1) is 0 Å². The number of nitrogens with one attached hydrogen (secondary N) is 2. The van der Waals surface area contributed by atoms with Crippen LogP contribution in [0.5, 0.6) is 0 Å². The van der Waals surface area contributed by atoms with Gasteiger partial charge >= 0.3 is 0 Å². The van der Waals surface area contributed by atoms with Crippen LogP contribution in [0.15, 0.2) is 30.3 Å². The summed E-state index contributed by atoms with van der Waals surface area (Å²) in [7, 11) is 0. The molecule has 100 valence electrons. The van der Waals surface area contributed by atoms with Crippen LogP contribution in [0.4, 0.5) is 0 Å². The van der Waals surface area contributed by atoms with Crippen molar-refractivity contribution in [1.29, 1.82) is 0 Å². The zero-order valence-corrected chi connectivity index (χ0v) is 11.8. The number of hydrogen-bond acceptors (Lipinski definition) is 3. The zero-order valence-electron chi connectivity index (χ0n) is 11.0. The highest BCUT2D eigenvalue weighted by Gasteiger charge is 2.23. The summed E-state index contributed by atoms with van der Waals surface area (Å²) in [5.74, 6) is 0.127. The molecule has 1 amide bonds. The van der Waals surface area contributed by atoms with Crippen molar-refractivity contribution in [3.05, 3.63) is 35.2 Å². The molecule has 0 radical (unpaired) electrons. The van der Waals surface area contributed by atoms with Gasteiger partial charge in [-0.25, -0.2) is 0 Å². The van der Waals surface area contributed by atoms with Gasteiger partial charge in [-0.15, -0.1) is 11.3 Å². The first kappa shape index (κ1) is 12.6. The molecule has 0 saturated carbocycles. The lowest BCUT2D eigenvalue weighted by molar-refractivity contribution is -0.123. The number of thiophene rings is 1. The van der Waals surface area contributed by atoms with E-state index in [1.165, 1.54) is 15.0 Å². The van der Waals surface area contributed by atoms with E-state index in [1.807, 2.05) is 12.1 Å². The predicted molar refractivity (Wildman–Crippen MR) is 79.4 cm³/mol. The summed E-state index contributed by atoms with van der Waals surface area (Å²) >= 11 is 1.75. The number of carbonyl (C=O) groups excluding carboxylic acids is 1. The van der Waals surface area contributed by atoms with Crippen LogP contribution in [0.3, 0.4) is 0 Å². The van der Waals surface area contributed by atoms with Gasteiger partial charge in [0, 0.05) is 9.58 Å². The minimum absolute atomic E-state index is 0.00294. The zero-order chi connectivity index (χ0) is 13.2. The maximum atomic E-state index is 12.1. The number of fused-ring (bicyclic) bond motifs is 1. The Labute approximate surface area is 117 Å². The SMILES string of the molecule is CC(NC(=O)C1CCCN1)c1cc2ccccc2s1. The maximum absolute atomic E-state index is 12.1. The monoisotopic (exact) mass is 274 g/mol. The molecular weight excluding hydrogens is 256 g/mol. The van der Waals surface area contributed by atoms with Gasteiger partial charge in [-0.3, -0.25) is 4.79 Å². The minimum atomic E-state index is -0.00294. The summed E-state index contributed by atoms with van der Waals surface area (Å²) in [6.45, 7) is 3.01. The van der Waals surface area contributed by atoms with Crippen LogP contribution >= 0.6 is 11.3 Å². The Hall–Kier alpha value is -1.39. The van der Waals surface area contributed by atoms with Crippen molar-refractivity contribution in [2.45, 2.75) is 31.8 Å². The van der Waals surface area contributed by atoms with Gasteiger partial charge in [0.2, 0.25) is 5.91 Å². The summed E-state index contributed by atoms with van der Waals surface area (Å²) < 4.78 is 1.28. The van der Waals surface area contributed by atoms with Gasteiger partial charge < -0.3 is 10.6 Å². The Balaban J connectivity index is 1.72. The number of amides is 1. The van der Waals surface area contributed by atoms with Crippen LogP contribution < -0.4 is 10.6 Å². The van der Waals surface area contributed by atoms with Crippen molar-refractivity contribution < 1.29 is 4.79 Å². The second-order valence-corrected chi connectivity index (χ2v) is 6.18. The molecule has 1 fully saturated rings. The van der Waals surface area contributed by atoms with Crippen LogP contribution in [-0.4, -0.2) is 18.5 Å². The number of benzene rings is 1. The first-order valence-electron chi connectivity index (χ1n) is 6.76. The van der Waals surface area contributed by atoms with E-state index in [1.54, 1.807) is 11.3 Å². The largest absolute Gasteiger partial charge is 0.347 e. The fourth-order valence-corrected chi connectivity index (χ4v) is 3.58. The number of hydrogen-bond donors (Lipinski definition) is 2. The van der Waals surface area contributed by atoms with Crippen molar-refractivity contribution in [3.8, 4) is 0 Å². The lowest BCUT2D eigenvalue weighted by Crippen LogP contribution is -2.41. The second-order valence-electron chi connectivity index (χ2n) is 5.07. The smallest absolute Gasteiger partial charge is 0.237 e. The average molecular weight is 274 g/mol. The first-order chi connectivity index (χ1) is 9.24. The molecule has 4 heteroatoms. The van der Waals surface area contributed by atoms with E-state index >= 15 is 0 Å². The van der Waals surface area contributed by atoms with Crippen molar-refractivity contribution in [2.75, 3.05) is 6.54 Å². The topological polar surface area (TPSA) is 41.1 Å². The van der Waals surface area contributed by atoms with Gasteiger partial charge in [-0.2, -0.15) is 0 Å². The van der Waals surface area contributed by atoms with Crippen molar-refractivity contribution in [2.24, 2.45) is 0 Å². The van der Waals surface area contributed by atoms with Gasteiger partial charge in [-0.05, 0) is 43.8 Å². The van der Waals surface area contributed by atoms with E-state index < -0.39 is 0 Å². The van der Waals surface area contributed by atoms with Gasteiger partial charge in [0.25, 0.3) is 0 Å². The Morgan fingerprint density at radius 2 is 2.32 bits per heavy atom. The Kier molecular flexibility index (Phi) is 3.53. The summed E-state index contributed by atoms with van der Waals surface area (Å²) in [4.78, 5) is 13.3. The van der Waals surface area contributed by atoms with Gasteiger partial charge in [-0.1, -0.05) is 18.2 Å². The summed E-state index contributed by atoms with van der Waals surface area (Å²) in [5.41, 5.74) is 0. The third-order valence-electron chi connectivity index (χ3n) is 3.61. The van der Waals surface area contributed by atoms with Crippen molar-refractivity contribution in [3.63, 3.8) is 0 Å². The van der Waals surface area contributed by atoms with Crippen LogP contribution in [0.25, 0.3) is 10.1 Å². The number of rotatable bonds is 3. The van der Waals surface area contributed by atoms with E-state index in [-0.39, 0.29) is 18.0 Å². The Morgan fingerprint density at radius 1 is 1.47 bits per heavy atom. The lowest BCUT2D eigenvalue weighted by atomic mass is 10.2. The molecule has 2 unspecified atom stereocenters. The van der Waals surface area contributed by atoms with Crippen molar-refractivity contribution >= 4 is 27.3 Å². The fourth-order valence-electron chi connectivity index (χ4n) is 2.51. The highest BCUT2D eigenvalue weighted by molar-refractivity contribution is 7.19. The summed E-state index contributed by atoms with van der Waals surface area (Å²) in [5, 5.41) is 7.59. The molecule has 2 heterocycles. The third-order valence-corrected chi connectivity index (χ3v) is 4.91. The van der Waals surface area contributed by atoms with Crippen molar-refractivity contribution in [1.82, 2.24) is 10.6 Å². The van der Waals surface area contributed by atoms with E-state index in [0.717, 1.165) is 19.4 Å². The molecule has 2 aromatic rings. The quantitative estimate of drug-likeness (QED) is 0.903. The van der Waals surface area contributed by atoms with Gasteiger partial charge in [0.05, 0.1) is 12.1 Å². The molecule has 1 aliphatic heterocycles. The molecule has 3 rings (SSSR count). The molecule has 0 bridgehead atoms. The molecule has 3 nitrogen and oxygen atoms in total. The van der Waals surface area contributed by atoms with E-state index in [2.05, 4.69) is 35.8 Å². The lowest BCUT2D eigenvalue weighted by Gasteiger charge is -2.16. The Morgan fingerprint density at radius 3 is 3.05 bits per heavy atom. The highest BCUT2D eigenvalue weighted by Crippen LogP contribution is 2.29. The standard InChI is InChI=1S/C15H18N2OS/c1-10(17-15(18)12-6-4-8-16-12)14-9-11-5-2-3-7-13(11)19-14/h2-3,5,7,9-10,12,16H,4,6,8H2,1H3,(H,17,18).